The fourth-order valence-electron chi connectivity index (χ4n) is 3.14. The maximum atomic E-state index is 12.1. The van der Waals surface area contributed by atoms with Crippen molar-refractivity contribution in [3.05, 3.63) is 22.7 Å². The second-order valence-corrected chi connectivity index (χ2v) is 10.5. The number of aromatic nitrogens is 1. The number of carbonyl (C=O) groups excluding carboxylic acids is 2. The van der Waals surface area contributed by atoms with E-state index in [0.29, 0.717) is 18.0 Å². The van der Waals surface area contributed by atoms with Crippen LogP contribution >= 0.6 is 27.3 Å². The van der Waals surface area contributed by atoms with Crippen LogP contribution in [0, 0.1) is 0 Å². The molecule has 30 heavy (non-hydrogen) atoms. The van der Waals surface area contributed by atoms with Gasteiger partial charge < -0.3 is 10.1 Å². The lowest BCUT2D eigenvalue weighted by atomic mass is 10.1. The van der Waals surface area contributed by atoms with Gasteiger partial charge in [-0.1, -0.05) is 65.8 Å². The average molecular weight is 497 g/mol. The molecule has 0 aliphatic carbocycles. The quantitative estimate of drug-likeness (QED) is 0.248. The minimum absolute atomic E-state index is 0.0373. The standard InChI is InChI=1S/C23H33BrN2O3S/c1-23(2,3)29-21(28)13-11-9-7-5-4-6-8-10-12-20(27)26-22-25-18-15-14-17(24)16-19(18)30-22/h14-16H,4-13H2,1-3H3,(H,25,26,27). The molecule has 1 aromatic carbocycles. The van der Waals surface area contributed by atoms with E-state index in [4.69, 9.17) is 4.74 Å². The van der Waals surface area contributed by atoms with E-state index in [1.807, 2.05) is 39.0 Å². The van der Waals surface area contributed by atoms with Gasteiger partial charge in [-0.25, -0.2) is 4.98 Å². The van der Waals surface area contributed by atoms with Gasteiger partial charge in [0, 0.05) is 17.3 Å². The summed E-state index contributed by atoms with van der Waals surface area (Å²) >= 11 is 4.95. The lowest BCUT2D eigenvalue weighted by Crippen LogP contribution is -2.23. The minimum Gasteiger partial charge on any atom is -0.460 e. The first-order chi connectivity index (χ1) is 14.2. The maximum Gasteiger partial charge on any atom is 0.306 e. The Morgan fingerprint density at radius 2 is 1.60 bits per heavy atom. The van der Waals surface area contributed by atoms with Crippen molar-refractivity contribution < 1.29 is 14.3 Å². The van der Waals surface area contributed by atoms with Gasteiger partial charge in [0.1, 0.15) is 5.60 Å². The molecule has 0 saturated heterocycles. The number of nitrogens with zero attached hydrogens (tertiary/aromatic N) is 1. The van der Waals surface area contributed by atoms with E-state index in [-0.39, 0.29) is 17.5 Å². The Morgan fingerprint density at radius 3 is 2.23 bits per heavy atom. The minimum atomic E-state index is -0.389. The van der Waals surface area contributed by atoms with Crippen LogP contribution in [0.25, 0.3) is 10.2 Å². The average Bonchev–Trinajstić information content (AvgIpc) is 3.02. The molecule has 0 fully saturated rings. The van der Waals surface area contributed by atoms with Crippen molar-refractivity contribution in [1.29, 1.82) is 0 Å². The van der Waals surface area contributed by atoms with Crippen LogP contribution in [0.2, 0.25) is 0 Å². The van der Waals surface area contributed by atoms with Crippen molar-refractivity contribution in [3.63, 3.8) is 0 Å². The molecule has 0 bridgehead atoms. The molecule has 1 heterocycles. The third-order valence-electron chi connectivity index (χ3n) is 4.55. The Bertz CT molecular complexity index is 829. The van der Waals surface area contributed by atoms with Crippen LogP contribution in [0.3, 0.4) is 0 Å². The van der Waals surface area contributed by atoms with Crippen LogP contribution in [-0.2, 0) is 14.3 Å². The number of halogens is 1. The van der Waals surface area contributed by atoms with Crippen LogP contribution in [0.1, 0.15) is 85.0 Å². The predicted molar refractivity (Wildman–Crippen MR) is 128 cm³/mol. The number of esters is 1. The number of thiazole rings is 1. The molecule has 1 aromatic heterocycles. The third kappa shape index (κ3) is 10.0. The molecule has 0 atom stereocenters. The number of hydrogen-bond acceptors (Lipinski definition) is 5. The summed E-state index contributed by atoms with van der Waals surface area (Å²) in [5.74, 6) is -0.0604. The number of amides is 1. The Kier molecular flexibility index (Phi) is 10.2. The number of hydrogen-bond donors (Lipinski definition) is 1. The number of benzene rings is 1. The molecule has 0 unspecified atom stereocenters. The van der Waals surface area contributed by atoms with E-state index in [0.717, 1.165) is 53.2 Å². The Balaban J connectivity index is 1.46. The van der Waals surface area contributed by atoms with Crippen molar-refractivity contribution in [1.82, 2.24) is 4.98 Å². The molecule has 0 spiro atoms. The van der Waals surface area contributed by atoms with Gasteiger partial charge in [0.05, 0.1) is 10.2 Å². The molecule has 1 N–H and O–H groups in total. The van der Waals surface area contributed by atoms with E-state index in [2.05, 4.69) is 26.2 Å². The fourth-order valence-corrected chi connectivity index (χ4v) is 4.58. The molecule has 0 aliphatic rings. The van der Waals surface area contributed by atoms with E-state index < -0.39 is 0 Å². The van der Waals surface area contributed by atoms with Gasteiger partial charge in [0.25, 0.3) is 0 Å². The van der Waals surface area contributed by atoms with Crippen molar-refractivity contribution in [2.45, 2.75) is 90.6 Å². The number of fused-ring (bicyclic) bond motifs is 1. The smallest absolute Gasteiger partial charge is 0.306 e. The first kappa shape index (κ1) is 24.8. The van der Waals surface area contributed by atoms with E-state index in [1.54, 1.807) is 0 Å². The van der Waals surface area contributed by atoms with Gasteiger partial charge in [-0.2, -0.15) is 0 Å². The van der Waals surface area contributed by atoms with Crippen molar-refractivity contribution in [3.8, 4) is 0 Å². The highest BCUT2D eigenvalue weighted by Gasteiger charge is 2.15. The highest BCUT2D eigenvalue weighted by Crippen LogP contribution is 2.28. The van der Waals surface area contributed by atoms with Gasteiger partial charge in [-0.05, 0) is 51.8 Å². The molecule has 0 radical (unpaired) electrons. The topological polar surface area (TPSA) is 68.3 Å². The van der Waals surface area contributed by atoms with Crippen LogP contribution in [0.5, 0.6) is 0 Å². The summed E-state index contributed by atoms with van der Waals surface area (Å²) in [5, 5.41) is 3.58. The maximum absolute atomic E-state index is 12.1. The van der Waals surface area contributed by atoms with Crippen LogP contribution in [0.4, 0.5) is 5.13 Å². The summed E-state index contributed by atoms with van der Waals surface area (Å²) in [6.45, 7) is 5.69. The summed E-state index contributed by atoms with van der Waals surface area (Å²) < 4.78 is 7.38. The number of carbonyl (C=O) groups is 2. The highest BCUT2D eigenvalue weighted by atomic mass is 79.9. The summed E-state index contributed by atoms with van der Waals surface area (Å²) in [6.07, 6.45) is 9.65. The van der Waals surface area contributed by atoms with Crippen molar-refractivity contribution in [2.24, 2.45) is 0 Å². The second-order valence-electron chi connectivity index (χ2n) is 8.59. The normalized spacial score (nSPS) is 11.6. The highest BCUT2D eigenvalue weighted by molar-refractivity contribution is 9.10. The summed E-state index contributed by atoms with van der Waals surface area (Å²) in [6, 6.07) is 5.91. The number of rotatable bonds is 12. The SMILES string of the molecule is CC(C)(C)OC(=O)CCCCCCCCCCC(=O)Nc1nc2ccc(Br)cc2s1. The molecule has 2 rings (SSSR count). The van der Waals surface area contributed by atoms with Gasteiger partial charge in [0.2, 0.25) is 5.91 Å². The number of unbranched alkanes of at least 4 members (excludes halogenated alkanes) is 7. The monoisotopic (exact) mass is 496 g/mol. The Hall–Kier alpha value is -1.47. The fraction of sp³-hybridized carbons (Fsp3) is 0.609. The molecule has 1 amide bonds. The summed E-state index contributed by atoms with van der Waals surface area (Å²) in [5.41, 5.74) is 0.518. The molecule has 0 aliphatic heterocycles. The Morgan fingerprint density at radius 1 is 1.00 bits per heavy atom. The van der Waals surface area contributed by atoms with Crippen LogP contribution < -0.4 is 5.32 Å². The zero-order chi connectivity index (χ0) is 22.0. The zero-order valence-corrected chi connectivity index (χ0v) is 20.7. The Labute approximate surface area is 192 Å². The lowest BCUT2D eigenvalue weighted by Gasteiger charge is -2.19. The number of anilines is 1. The number of nitrogens with one attached hydrogen (secondary N) is 1. The van der Waals surface area contributed by atoms with Gasteiger partial charge in [-0.3, -0.25) is 9.59 Å². The third-order valence-corrected chi connectivity index (χ3v) is 5.98. The van der Waals surface area contributed by atoms with Crippen molar-refractivity contribution in [2.75, 3.05) is 5.32 Å². The van der Waals surface area contributed by atoms with Gasteiger partial charge >= 0.3 is 5.97 Å². The lowest BCUT2D eigenvalue weighted by molar-refractivity contribution is -0.154. The second kappa shape index (κ2) is 12.4. The summed E-state index contributed by atoms with van der Waals surface area (Å²) in [4.78, 5) is 28.2. The number of ether oxygens (including phenoxy) is 1. The van der Waals surface area contributed by atoms with Gasteiger partial charge in [-0.15, -0.1) is 0 Å². The first-order valence-corrected chi connectivity index (χ1v) is 12.4. The molecular weight excluding hydrogens is 464 g/mol. The van der Waals surface area contributed by atoms with E-state index in [9.17, 15) is 9.59 Å². The first-order valence-electron chi connectivity index (χ1n) is 10.8. The van der Waals surface area contributed by atoms with E-state index >= 15 is 0 Å². The zero-order valence-electron chi connectivity index (χ0n) is 18.3. The molecule has 166 valence electrons. The van der Waals surface area contributed by atoms with Gasteiger partial charge in [0.15, 0.2) is 5.13 Å². The molecular formula is C23H33BrN2O3S. The van der Waals surface area contributed by atoms with Crippen molar-refractivity contribution >= 4 is 54.5 Å². The largest absolute Gasteiger partial charge is 0.460 e. The molecule has 2 aromatic rings. The predicted octanol–water partition coefficient (Wildman–Crippen LogP) is 7.24. The van der Waals surface area contributed by atoms with E-state index in [1.165, 1.54) is 24.2 Å². The summed E-state index contributed by atoms with van der Waals surface area (Å²) in [7, 11) is 0. The van der Waals surface area contributed by atoms with Crippen LogP contribution in [0.15, 0.2) is 22.7 Å². The van der Waals surface area contributed by atoms with Crippen LogP contribution in [-0.4, -0.2) is 22.5 Å². The molecule has 5 nitrogen and oxygen atoms in total. The molecule has 0 saturated carbocycles. The molecule has 7 heteroatoms.